The van der Waals surface area contributed by atoms with Crippen molar-refractivity contribution in [3.63, 3.8) is 0 Å². The molecule has 1 fully saturated rings. The highest BCUT2D eigenvalue weighted by Gasteiger charge is 2.33. The first-order valence-electron chi connectivity index (χ1n) is 5.86. The van der Waals surface area contributed by atoms with E-state index < -0.39 is 31.6 Å². The molecule has 6 heteroatoms. The number of rotatable bonds is 2. The van der Waals surface area contributed by atoms with Gasteiger partial charge in [0.25, 0.3) is 0 Å². The van der Waals surface area contributed by atoms with Crippen LogP contribution in [0, 0.1) is 11.6 Å². The monoisotopic (exact) mass is 275 g/mol. The van der Waals surface area contributed by atoms with E-state index in [4.69, 9.17) is 5.73 Å². The number of nitrogens with two attached hydrogens (primary N) is 1. The van der Waals surface area contributed by atoms with Crippen molar-refractivity contribution < 1.29 is 17.2 Å². The van der Waals surface area contributed by atoms with Crippen LogP contribution in [0.25, 0.3) is 0 Å². The summed E-state index contributed by atoms with van der Waals surface area (Å²) >= 11 is 0. The topological polar surface area (TPSA) is 60.2 Å². The summed E-state index contributed by atoms with van der Waals surface area (Å²) in [6.07, 6.45) is 2.23. The normalized spacial score (nSPS) is 25.1. The Bertz CT molecular complexity index is 545. The summed E-state index contributed by atoms with van der Waals surface area (Å²) in [7, 11) is -3.84. The van der Waals surface area contributed by atoms with Gasteiger partial charge in [-0.05, 0) is 37.5 Å². The summed E-state index contributed by atoms with van der Waals surface area (Å²) in [6.45, 7) is 0. The highest BCUT2D eigenvalue weighted by Crippen LogP contribution is 2.29. The Morgan fingerprint density at radius 1 is 1.22 bits per heavy atom. The molecule has 0 heterocycles. The van der Waals surface area contributed by atoms with Gasteiger partial charge in [-0.1, -0.05) is 6.42 Å². The first kappa shape index (κ1) is 13.4. The third kappa shape index (κ3) is 2.54. The smallest absolute Gasteiger partial charge is 0.184 e. The lowest BCUT2D eigenvalue weighted by atomic mass is 9.96. The highest BCUT2D eigenvalue weighted by molar-refractivity contribution is 7.92. The van der Waals surface area contributed by atoms with Crippen LogP contribution in [0.1, 0.15) is 25.7 Å². The zero-order valence-corrected chi connectivity index (χ0v) is 10.6. The average molecular weight is 275 g/mol. The van der Waals surface area contributed by atoms with Gasteiger partial charge in [0.1, 0.15) is 16.5 Å². The zero-order chi connectivity index (χ0) is 13.3. The molecule has 0 bridgehead atoms. The van der Waals surface area contributed by atoms with E-state index in [1.807, 2.05) is 0 Å². The Morgan fingerprint density at radius 2 is 1.94 bits per heavy atom. The van der Waals surface area contributed by atoms with Crippen LogP contribution < -0.4 is 5.73 Å². The van der Waals surface area contributed by atoms with Crippen molar-refractivity contribution in [1.29, 1.82) is 0 Å². The fraction of sp³-hybridized carbons (Fsp3) is 0.500. The minimum Gasteiger partial charge on any atom is -0.328 e. The Hall–Kier alpha value is -1.01. The quantitative estimate of drug-likeness (QED) is 0.898. The van der Waals surface area contributed by atoms with Gasteiger partial charge in [-0.25, -0.2) is 17.2 Å². The highest BCUT2D eigenvalue weighted by atomic mass is 32.2. The first-order chi connectivity index (χ1) is 8.41. The maximum Gasteiger partial charge on any atom is 0.184 e. The van der Waals surface area contributed by atoms with E-state index >= 15 is 0 Å². The lowest BCUT2D eigenvalue weighted by Crippen LogP contribution is -2.35. The van der Waals surface area contributed by atoms with Crippen molar-refractivity contribution in [2.75, 3.05) is 0 Å². The molecular weight excluding hydrogens is 260 g/mol. The second-order valence-corrected chi connectivity index (χ2v) is 6.86. The predicted molar refractivity (Wildman–Crippen MR) is 63.8 cm³/mol. The molecule has 1 aliphatic rings. The van der Waals surface area contributed by atoms with Gasteiger partial charge in [-0.15, -0.1) is 0 Å². The van der Waals surface area contributed by atoms with Crippen molar-refractivity contribution in [2.24, 2.45) is 5.73 Å². The molecule has 2 rings (SSSR count). The van der Waals surface area contributed by atoms with Gasteiger partial charge in [0.2, 0.25) is 0 Å². The van der Waals surface area contributed by atoms with Crippen LogP contribution in [0.4, 0.5) is 8.78 Å². The van der Waals surface area contributed by atoms with Crippen LogP contribution >= 0.6 is 0 Å². The summed E-state index contributed by atoms with van der Waals surface area (Å²) in [5.41, 5.74) is 5.74. The third-order valence-corrected chi connectivity index (χ3v) is 5.54. The lowest BCUT2D eigenvalue weighted by Gasteiger charge is -2.26. The van der Waals surface area contributed by atoms with Crippen molar-refractivity contribution in [2.45, 2.75) is 41.9 Å². The van der Waals surface area contributed by atoms with E-state index in [2.05, 4.69) is 0 Å². The number of hydrogen-bond donors (Lipinski definition) is 1. The first-order valence-corrected chi connectivity index (χ1v) is 7.40. The maximum atomic E-state index is 13.5. The Balaban J connectivity index is 2.38. The van der Waals surface area contributed by atoms with E-state index in [0.717, 1.165) is 24.6 Å². The van der Waals surface area contributed by atoms with Gasteiger partial charge in [0.15, 0.2) is 9.84 Å². The van der Waals surface area contributed by atoms with E-state index in [-0.39, 0.29) is 6.04 Å². The molecule has 2 unspecified atom stereocenters. The maximum absolute atomic E-state index is 13.5. The number of halogens is 2. The van der Waals surface area contributed by atoms with Gasteiger partial charge >= 0.3 is 0 Å². The fourth-order valence-electron chi connectivity index (χ4n) is 2.34. The van der Waals surface area contributed by atoms with Crippen molar-refractivity contribution in [3.05, 3.63) is 29.8 Å². The molecular formula is C12H15F2NO2S. The van der Waals surface area contributed by atoms with Crippen LogP contribution in [-0.2, 0) is 9.84 Å². The molecule has 3 nitrogen and oxygen atoms in total. The lowest BCUT2D eigenvalue weighted by molar-refractivity contribution is 0.431. The van der Waals surface area contributed by atoms with Crippen molar-refractivity contribution >= 4 is 9.84 Å². The molecule has 1 aromatic carbocycles. The molecule has 0 spiro atoms. The van der Waals surface area contributed by atoms with Crippen molar-refractivity contribution in [3.8, 4) is 0 Å². The Morgan fingerprint density at radius 3 is 2.61 bits per heavy atom. The molecule has 0 aliphatic heterocycles. The molecule has 18 heavy (non-hydrogen) atoms. The largest absolute Gasteiger partial charge is 0.328 e. The molecule has 0 radical (unpaired) electrons. The van der Waals surface area contributed by atoms with Crippen LogP contribution in [-0.4, -0.2) is 19.7 Å². The van der Waals surface area contributed by atoms with Gasteiger partial charge < -0.3 is 5.73 Å². The van der Waals surface area contributed by atoms with Crippen LogP contribution in [0.3, 0.4) is 0 Å². The summed E-state index contributed by atoms with van der Waals surface area (Å²) in [5.74, 6) is -1.66. The Labute approximate surface area is 105 Å². The summed E-state index contributed by atoms with van der Waals surface area (Å²) in [6, 6.07) is 2.30. The van der Waals surface area contributed by atoms with Gasteiger partial charge in [-0.3, -0.25) is 0 Å². The van der Waals surface area contributed by atoms with Crippen LogP contribution in [0.2, 0.25) is 0 Å². The third-order valence-electron chi connectivity index (χ3n) is 3.31. The zero-order valence-electron chi connectivity index (χ0n) is 9.77. The second-order valence-electron chi connectivity index (χ2n) is 4.67. The van der Waals surface area contributed by atoms with Gasteiger partial charge in [0, 0.05) is 6.04 Å². The second kappa shape index (κ2) is 4.93. The average Bonchev–Trinajstić information content (AvgIpc) is 2.32. The van der Waals surface area contributed by atoms with E-state index in [1.165, 1.54) is 0 Å². The van der Waals surface area contributed by atoms with E-state index in [1.54, 1.807) is 0 Å². The van der Waals surface area contributed by atoms with E-state index in [0.29, 0.717) is 19.3 Å². The molecule has 0 saturated heterocycles. The minimum atomic E-state index is -3.84. The SMILES string of the molecule is NC1CCCC(S(=O)(=O)c2cc(F)ccc2F)C1. The van der Waals surface area contributed by atoms with Gasteiger partial charge in [0.05, 0.1) is 5.25 Å². The molecule has 2 N–H and O–H groups in total. The molecule has 1 aliphatic carbocycles. The predicted octanol–water partition coefficient (Wildman–Crippen LogP) is 2.01. The standard InChI is InChI=1S/C12H15F2NO2S/c13-8-4-5-11(14)12(6-8)18(16,17)10-3-1-2-9(15)7-10/h4-6,9-10H,1-3,7,15H2. The fourth-order valence-corrected chi connectivity index (χ4v) is 4.29. The molecule has 2 atom stereocenters. The van der Waals surface area contributed by atoms with E-state index in [9.17, 15) is 17.2 Å². The number of hydrogen-bond acceptors (Lipinski definition) is 3. The van der Waals surface area contributed by atoms with Crippen LogP contribution in [0.5, 0.6) is 0 Å². The molecule has 0 amide bonds. The summed E-state index contributed by atoms with van der Waals surface area (Å²) < 4.78 is 51.1. The minimum absolute atomic E-state index is 0.185. The number of sulfone groups is 1. The molecule has 100 valence electrons. The van der Waals surface area contributed by atoms with Gasteiger partial charge in [-0.2, -0.15) is 0 Å². The summed E-state index contributed by atoms with van der Waals surface area (Å²) in [5, 5.41) is -0.711. The number of benzene rings is 1. The molecule has 1 aromatic rings. The Kier molecular flexibility index (Phi) is 3.68. The van der Waals surface area contributed by atoms with Crippen LogP contribution in [0.15, 0.2) is 23.1 Å². The molecule has 0 aromatic heterocycles. The summed E-state index contributed by atoms with van der Waals surface area (Å²) in [4.78, 5) is -0.554. The molecule has 1 saturated carbocycles. The van der Waals surface area contributed by atoms with Crippen molar-refractivity contribution in [1.82, 2.24) is 0 Å².